The van der Waals surface area contributed by atoms with Gasteiger partial charge in [0.05, 0.1) is 11.3 Å². The Morgan fingerprint density at radius 1 is 1.10 bits per heavy atom. The number of hydrogen-bond acceptors (Lipinski definition) is 3. The summed E-state index contributed by atoms with van der Waals surface area (Å²) in [6.07, 6.45) is 0. The summed E-state index contributed by atoms with van der Waals surface area (Å²) >= 11 is 6.45. The van der Waals surface area contributed by atoms with E-state index in [1.807, 2.05) is 6.07 Å². The van der Waals surface area contributed by atoms with Crippen LogP contribution in [0.15, 0.2) is 56.3 Å². The molecule has 0 unspecified atom stereocenters. The maximum absolute atomic E-state index is 12.4. The van der Waals surface area contributed by atoms with Gasteiger partial charge in [-0.05, 0) is 46.3 Å². The highest BCUT2D eigenvalue weighted by atomic mass is 79.9. The molecule has 1 N–H and O–H groups in total. The number of halogens is 2. The molecule has 0 aromatic heterocycles. The Morgan fingerprint density at radius 3 is 2.50 bits per heavy atom. The van der Waals surface area contributed by atoms with Crippen molar-refractivity contribution in [3.63, 3.8) is 0 Å². The van der Waals surface area contributed by atoms with Gasteiger partial charge >= 0.3 is 0 Å². The molecule has 0 aliphatic heterocycles. The predicted octanol–water partition coefficient (Wildman–Crippen LogP) is 3.88. The molecule has 0 aliphatic carbocycles. The van der Waals surface area contributed by atoms with E-state index in [-0.39, 0.29) is 16.1 Å². The van der Waals surface area contributed by atoms with E-state index >= 15 is 0 Å². The Balaban J connectivity index is 2.47. The number of para-hydroxylation sites is 1. The van der Waals surface area contributed by atoms with Crippen LogP contribution in [0.25, 0.3) is 0 Å². The Hall–Kier alpha value is -1.36. The number of anilines is 1. The number of sulfonamides is 1. The van der Waals surface area contributed by atoms with Crippen molar-refractivity contribution in [3.8, 4) is 6.07 Å². The quantitative estimate of drug-likeness (QED) is 0.826. The summed E-state index contributed by atoms with van der Waals surface area (Å²) in [6, 6.07) is 13.2. The number of nitrogens with one attached hydrogen (secondary N) is 1. The van der Waals surface area contributed by atoms with Gasteiger partial charge in [-0.2, -0.15) is 5.26 Å². The van der Waals surface area contributed by atoms with Gasteiger partial charge in [0.1, 0.15) is 11.0 Å². The van der Waals surface area contributed by atoms with E-state index < -0.39 is 10.0 Å². The van der Waals surface area contributed by atoms with Crippen LogP contribution < -0.4 is 4.72 Å². The molecule has 2 aromatic rings. The molecule has 0 saturated heterocycles. The second-order valence-electron chi connectivity index (χ2n) is 3.84. The summed E-state index contributed by atoms with van der Waals surface area (Å²) in [6.45, 7) is 0. The van der Waals surface area contributed by atoms with Crippen molar-refractivity contribution < 1.29 is 8.42 Å². The van der Waals surface area contributed by atoms with E-state index in [0.29, 0.717) is 8.95 Å². The molecule has 0 amide bonds. The maximum Gasteiger partial charge on any atom is 0.263 e. The monoisotopic (exact) mass is 414 g/mol. The van der Waals surface area contributed by atoms with Crippen molar-refractivity contribution in [1.82, 2.24) is 0 Å². The Kier molecular flexibility index (Phi) is 4.48. The summed E-state index contributed by atoms with van der Waals surface area (Å²) in [5.74, 6) is 0. The van der Waals surface area contributed by atoms with Crippen LogP contribution in [0.2, 0.25) is 0 Å². The summed E-state index contributed by atoms with van der Waals surface area (Å²) in [7, 11) is -3.78. The smallest absolute Gasteiger partial charge is 0.263 e. The second-order valence-corrected chi connectivity index (χ2v) is 7.26. The van der Waals surface area contributed by atoms with Gasteiger partial charge in [-0.15, -0.1) is 0 Å². The van der Waals surface area contributed by atoms with Gasteiger partial charge in [-0.3, -0.25) is 4.72 Å². The van der Waals surface area contributed by atoms with Crippen molar-refractivity contribution in [3.05, 3.63) is 57.0 Å². The van der Waals surface area contributed by atoms with E-state index in [9.17, 15) is 8.42 Å². The maximum atomic E-state index is 12.4. The first-order chi connectivity index (χ1) is 9.44. The third-order valence-corrected chi connectivity index (χ3v) is 5.33. The van der Waals surface area contributed by atoms with Crippen LogP contribution in [-0.2, 0) is 10.0 Å². The van der Waals surface area contributed by atoms with Crippen LogP contribution in [0.1, 0.15) is 5.56 Å². The zero-order valence-electron chi connectivity index (χ0n) is 9.97. The van der Waals surface area contributed by atoms with Crippen LogP contribution in [0.5, 0.6) is 0 Å². The number of nitrogens with zero attached hydrogens (tertiary/aromatic N) is 1. The normalized spacial score (nSPS) is 10.8. The highest BCUT2D eigenvalue weighted by Crippen LogP contribution is 2.28. The lowest BCUT2D eigenvalue weighted by molar-refractivity contribution is 0.600. The molecule has 0 saturated carbocycles. The number of benzene rings is 2. The minimum absolute atomic E-state index is 0.0969. The minimum atomic E-state index is -3.78. The Morgan fingerprint density at radius 2 is 1.80 bits per heavy atom. The molecule has 20 heavy (non-hydrogen) atoms. The summed E-state index contributed by atoms with van der Waals surface area (Å²) in [5.41, 5.74) is 0.518. The van der Waals surface area contributed by atoms with Crippen molar-refractivity contribution in [2.24, 2.45) is 0 Å². The van der Waals surface area contributed by atoms with Crippen LogP contribution in [0, 0.1) is 11.3 Å². The average Bonchev–Trinajstić information content (AvgIpc) is 2.41. The van der Waals surface area contributed by atoms with Gasteiger partial charge in [0, 0.05) is 8.95 Å². The standard InChI is InChI=1S/C13H8Br2N2O2S/c14-10-5-6-11(15)13(7-10)20(18,19)17-12-4-2-1-3-9(12)8-16/h1-7,17H. The van der Waals surface area contributed by atoms with Gasteiger partial charge in [-0.1, -0.05) is 28.1 Å². The topological polar surface area (TPSA) is 70.0 Å². The lowest BCUT2D eigenvalue weighted by Crippen LogP contribution is -2.14. The number of nitriles is 1. The summed E-state index contributed by atoms with van der Waals surface area (Å²) in [4.78, 5) is 0.0969. The summed E-state index contributed by atoms with van der Waals surface area (Å²) in [5, 5.41) is 8.98. The van der Waals surface area contributed by atoms with Gasteiger partial charge in [-0.25, -0.2) is 8.42 Å². The lowest BCUT2D eigenvalue weighted by atomic mass is 10.2. The molecule has 0 heterocycles. The van der Waals surface area contributed by atoms with Crippen molar-refractivity contribution in [1.29, 1.82) is 5.26 Å². The van der Waals surface area contributed by atoms with Crippen LogP contribution in [0.3, 0.4) is 0 Å². The first kappa shape index (κ1) is 15.0. The predicted molar refractivity (Wildman–Crippen MR) is 83.8 cm³/mol. The molecule has 102 valence electrons. The SMILES string of the molecule is N#Cc1ccccc1NS(=O)(=O)c1cc(Br)ccc1Br. The highest BCUT2D eigenvalue weighted by molar-refractivity contribution is 9.11. The largest absolute Gasteiger partial charge is 0.278 e. The molecule has 4 nitrogen and oxygen atoms in total. The first-order valence-electron chi connectivity index (χ1n) is 5.41. The molecule has 0 radical (unpaired) electrons. The van der Waals surface area contributed by atoms with Crippen molar-refractivity contribution >= 4 is 47.6 Å². The van der Waals surface area contributed by atoms with Gasteiger partial charge in [0.15, 0.2) is 0 Å². The molecule has 0 atom stereocenters. The highest BCUT2D eigenvalue weighted by Gasteiger charge is 2.19. The molecule has 2 aromatic carbocycles. The first-order valence-corrected chi connectivity index (χ1v) is 8.48. The minimum Gasteiger partial charge on any atom is -0.278 e. The van der Waals surface area contributed by atoms with E-state index in [1.165, 1.54) is 6.07 Å². The second kappa shape index (κ2) is 5.95. The fourth-order valence-corrected chi connectivity index (χ4v) is 4.14. The van der Waals surface area contributed by atoms with Gasteiger partial charge in [0.2, 0.25) is 0 Å². The Bertz CT molecular complexity index is 798. The summed E-state index contributed by atoms with van der Waals surface area (Å²) < 4.78 is 28.3. The number of hydrogen-bond donors (Lipinski definition) is 1. The molecule has 0 fully saturated rings. The fourth-order valence-electron chi connectivity index (χ4n) is 1.55. The van der Waals surface area contributed by atoms with E-state index in [2.05, 4.69) is 36.6 Å². The van der Waals surface area contributed by atoms with Crippen LogP contribution >= 0.6 is 31.9 Å². The van der Waals surface area contributed by atoms with Crippen LogP contribution in [-0.4, -0.2) is 8.42 Å². The van der Waals surface area contributed by atoms with Crippen molar-refractivity contribution in [2.45, 2.75) is 4.90 Å². The molecule has 2 rings (SSSR count). The number of rotatable bonds is 3. The third kappa shape index (κ3) is 3.20. The molecule has 0 bridgehead atoms. The zero-order valence-corrected chi connectivity index (χ0v) is 14.0. The fraction of sp³-hybridized carbons (Fsp3) is 0. The molecular formula is C13H8Br2N2O2S. The van der Waals surface area contributed by atoms with Gasteiger partial charge < -0.3 is 0 Å². The molecule has 7 heteroatoms. The van der Waals surface area contributed by atoms with Crippen molar-refractivity contribution in [2.75, 3.05) is 4.72 Å². The zero-order chi connectivity index (χ0) is 14.8. The lowest BCUT2D eigenvalue weighted by Gasteiger charge is -2.11. The average molecular weight is 416 g/mol. The van der Waals surface area contributed by atoms with E-state index in [1.54, 1.807) is 36.4 Å². The third-order valence-electron chi connectivity index (χ3n) is 2.47. The van der Waals surface area contributed by atoms with Crippen LogP contribution in [0.4, 0.5) is 5.69 Å². The van der Waals surface area contributed by atoms with Gasteiger partial charge in [0.25, 0.3) is 10.0 Å². The Labute approximate surface area is 133 Å². The molecule has 0 spiro atoms. The molecular weight excluding hydrogens is 408 g/mol. The van der Waals surface area contributed by atoms with E-state index in [0.717, 1.165) is 0 Å². The van der Waals surface area contributed by atoms with E-state index in [4.69, 9.17) is 5.26 Å². The molecule has 0 aliphatic rings.